The molecule has 0 heterocycles. The number of hydrogen-bond acceptors (Lipinski definition) is 4. The molecule has 1 atom stereocenters. The minimum atomic E-state index is -1.27. The van der Waals surface area contributed by atoms with Gasteiger partial charge in [-0.05, 0) is 56.2 Å². The highest BCUT2D eigenvalue weighted by Crippen LogP contribution is 2.26. The fraction of sp³-hybridized carbons (Fsp3) is 0.316. The molecule has 3 N–H and O–H groups in total. The first-order valence-corrected chi connectivity index (χ1v) is 7.90. The summed E-state index contributed by atoms with van der Waals surface area (Å²) in [6, 6.07) is 12.8. The molecule has 24 heavy (non-hydrogen) atoms. The number of amides is 1. The standard InChI is InChI=1S/C19H24N2O3/c1-12(2)20-16-9-8-13(3)10-17(16)21-19(23)18(22)14-6-5-7-15(11-14)24-4/h5-12,18,20,22H,1-4H3,(H,21,23). The number of nitrogens with one attached hydrogen (secondary N) is 2. The van der Waals surface area contributed by atoms with Gasteiger partial charge in [-0.2, -0.15) is 0 Å². The molecule has 2 rings (SSSR count). The van der Waals surface area contributed by atoms with Gasteiger partial charge in [0.1, 0.15) is 5.75 Å². The third-order valence-corrected chi connectivity index (χ3v) is 3.53. The van der Waals surface area contributed by atoms with E-state index in [1.807, 2.05) is 39.0 Å². The number of aliphatic hydroxyl groups is 1. The molecule has 0 aliphatic rings. The Morgan fingerprint density at radius 3 is 2.54 bits per heavy atom. The van der Waals surface area contributed by atoms with Crippen LogP contribution in [0.2, 0.25) is 0 Å². The van der Waals surface area contributed by atoms with Crippen LogP contribution in [-0.4, -0.2) is 24.2 Å². The molecule has 0 radical (unpaired) electrons. The van der Waals surface area contributed by atoms with Crippen LogP contribution in [0.1, 0.15) is 31.1 Å². The lowest BCUT2D eigenvalue weighted by molar-refractivity contribution is -0.124. The van der Waals surface area contributed by atoms with Crippen LogP contribution in [-0.2, 0) is 4.79 Å². The molecule has 0 fully saturated rings. The molecule has 0 aliphatic carbocycles. The van der Waals surface area contributed by atoms with Gasteiger partial charge in [0.25, 0.3) is 5.91 Å². The Morgan fingerprint density at radius 2 is 1.88 bits per heavy atom. The molecule has 1 amide bonds. The number of carbonyl (C=O) groups is 1. The molecule has 2 aromatic carbocycles. The lowest BCUT2D eigenvalue weighted by Gasteiger charge is -2.18. The van der Waals surface area contributed by atoms with Crippen molar-refractivity contribution >= 4 is 17.3 Å². The van der Waals surface area contributed by atoms with E-state index < -0.39 is 12.0 Å². The average Bonchev–Trinajstić information content (AvgIpc) is 2.56. The second-order valence-electron chi connectivity index (χ2n) is 6.02. The Bertz CT molecular complexity index is 714. The maximum atomic E-state index is 12.4. The summed E-state index contributed by atoms with van der Waals surface area (Å²) < 4.78 is 5.13. The molecular formula is C19H24N2O3. The van der Waals surface area contributed by atoms with Crippen LogP contribution in [0, 0.1) is 6.92 Å². The average molecular weight is 328 g/mol. The Kier molecular flexibility index (Phi) is 5.82. The third-order valence-electron chi connectivity index (χ3n) is 3.53. The first kappa shape index (κ1) is 17.8. The Hall–Kier alpha value is -2.53. The van der Waals surface area contributed by atoms with Crippen LogP contribution < -0.4 is 15.4 Å². The molecule has 0 saturated heterocycles. The quantitative estimate of drug-likeness (QED) is 0.759. The van der Waals surface area contributed by atoms with Crippen molar-refractivity contribution < 1.29 is 14.6 Å². The molecule has 128 valence electrons. The predicted molar refractivity (Wildman–Crippen MR) is 96.5 cm³/mol. The van der Waals surface area contributed by atoms with E-state index in [1.165, 1.54) is 0 Å². The number of aliphatic hydroxyl groups excluding tert-OH is 1. The summed E-state index contributed by atoms with van der Waals surface area (Å²) >= 11 is 0. The van der Waals surface area contributed by atoms with Crippen LogP contribution >= 0.6 is 0 Å². The highest BCUT2D eigenvalue weighted by atomic mass is 16.5. The van der Waals surface area contributed by atoms with E-state index in [1.54, 1.807) is 31.4 Å². The molecule has 0 spiro atoms. The SMILES string of the molecule is COc1cccc(C(O)C(=O)Nc2cc(C)ccc2NC(C)C)c1. The molecule has 1 unspecified atom stereocenters. The van der Waals surface area contributed by atoms with Crippen molar-refractivity contribution in [3.8, 4) is 5.75 Å². The Morgan fingerprint density at radius 1 is 1.12 bits per heavy atom. The van der Waals surface area contributed by atoms with E-state index in [0.29, 0.717) is 17.0 Å². The molecular weight excluding hydrogens is 304 g/mol. The number of benzene rings is 2. The first-order valence-electron chi connectivity index (χ1n) is 7.90. The van der Waals surface area contributed by atoms with E-state index >= 15 is 0 Å². The summed E-state index contributed by atoms with van der Waals surface area (Å²) in [4.78, 5) is 12.4. The zero-order chi connectivity index (χ0) is 17.7. The maximum Gasteiger partial charge on any atom is 0.257 e. The zero-order valence-electron chi connectivity index (χ0n) is 14.5. The molecule has 0 aliphatic heterocycles. The van der Waals surface area contributed by atoms with E-state index in [2.05, 4.69) is 10.6 Å². The summed E-state index contributed by atoms with van der Waals surface area (Å²) in [5.41, 5.74) is 2.98. The minimum Gasteiger partial charge on any atom is -0.497 e. The number of methoxy groups -OCH3 is 1. The van der Waals surface area contributed by atoms with Gasteiger partial charge in [0.15, 0.2) is 6.10 Å². The summed E-state index contributed by atoms with van der Waals surface area (Å²) in [5, 5.41) is 16.4. The van der Waals surface area contributed by atoms with Crippen molar-refractivity contribution in [1.29, 1.82) is 0 Å². The van der Waals surface area contributed by atoms with Gasteiger partial charge in [0.2, 0.25) is 0 Å². The monoisotopic (exact) mass is 328 g/mol. The van der Waals surface area contributed by atoms with Crippen molar-refractivity contribution in [2.75, 3.05) is 17.7 Å². The molecule has 5 heteroatoms. The van der Waals surface area contributed by atoms with E-state index in [-0.39, 0.29) is 6.04 Å². The van der Waals surface area contributed by atoms with Crippen LogP contribution in [0.4, 0.5) is 11.4 Å². The fourth-order valence-corrected chi connectivity index (χ4v) is 2.36. The summed E-state index contributed by atoms with van der Waals surface area (Å²) in [5.74, 6) is 0.109. The second-order valence-corrected chi connectivity index (χ2v) is 6.02. The Labute approximate surface area is 142 Å². The van der Waals surface area contributed by atoms with Crippen molar-refractivity contribution in [3.05, 3.63) is 53.6 Å². The summed E-state index contributed by atoms with van der Waals surface area (Å²) in [6.07, 6.45) is -1.27. The van der Waals surface area contributed by atoms with E-state index in [4.69, 9.17) is 4.74 Å². The van der Waals surface area contributed by atoms with Gasteiger partial charge < -0.3 is 20.5 Å². The minimum absolute atomic E-state index is 0.228. The Balaban J connectivity index is 2.20. The van der Waals surface area contributed by atoms with Crippen LogP contribution in [0.15, 0.2) is 42.5 Å². The maximum absolute atomic E-state index is 12.4. The van der Waals surface area contributed by atoms with Gasteiger partial charge in [-0.25, -0.2) is 0 Å². The molecule has 0 saturated carbocycles. The predicted octanol–water partition coefficient (Wildman–Crippen LogP) is 3.50. The molecule has 2 aromatic rings. The van der Waals surface area contributed by atoms with E-state index in [0.717, 1.165) is 11.3 Å². The van der Waals surface area contributed by atoms with Gasteiger partial charge in [-0.1, -0.05) is 18.2 Å². The van der Waals surface area contributed by atoms with Gasteiger partial charge in [0, 0.05) is 6.04 Å². The lowest BCUT2D eigenvalue weighted by atomic mass is 10.1. The van der Waals surface area contributed by atoms with Gasteiger partial charge in [-0.3, -0.25) is 4.79 Å². The highest BCUT2D eigenvalue weighted by molar-refractivity contribution is 5.97. The van der Waals surface area contributed by atoms with Crippen LogP contribution in [0.25, 0.3) is 0 Å². The molecule has 0 aromatic heterocycles. The lowest BCUT2D eigenvalue weighted by Crippen LogP contribution is -2.22. The van der Waals surface area contributed by atoms with Crippen LogP contribution in [0.3, 0.4) is 0 Å². The highest BCUT2D eigenvalue weighted by Gasteiger charge is 2.19. The largest absolute Gasteiger partial charge is 0.497 e. The number of rotatable bonds is 6. The summed E-state index contributed by atoms with van der Waals surface area (Å²) in [7, 11) is 1.54. The molecule has 0 bridgehead atoms. The smallest absolute Gasteiger partial charge is 0.257 e. The van der Waals surface area contributed by atoms with E-state index in [9.17, 15) is 9.90 Å². The zero-order valence-corrected chi connectivity index (χ0v) is 14.5. The van der Waals surface area contributed by atoms with Gasteiger partial charge in [-0.15, -0.1) is 0 Å². The number of hydrogen-bond donors (Lipinski definition) is 3. The topological polar surface area (TPSA) is 70.6 Å². The number of aryl methyl sites for hydroxylation is 1. The van der Waals surface area contributed by atoms with Crippen molar-refractivity contribution in [1.82, 2.24) is 0 Å². The van der Waals surface area contributed by atoms with Gasteiger partial charge in [0.05, 0.1) is 18.5 Å². The van der Waals surface area contributed by atoms with Crippen LogP contribution in [0.5, 0.6) is 5.75 Å². The van der Waals surface area contributed by atoms with Crippen molar-refractivity contribution in [2.45, 2.75) is 32.9 Å². The second kappa shape index (κ2) is 7.84. The fourth-order valence-electron chi connectivity index (χ4n) is 2.36. The van der Waals surface area contributed by atoms with Crippen molar-refractivity contribution in [2.24, 2.45) is 0 Å². The summed E-state index contributed by atoms with van der Waals surface area (Å²) in [6.45, 7) is 6.00. The number of carbonyl (C=O) groups excluding carboxylic acids is 1. The number of anilines is 2. The van der Waals surface area contributed by atoms with Gasteiger partial charge >= 0.3 is 0 Å². The van der Waals surface area contributed by atoms with Crippen molar-refractivity contribution in [3.63, 3.8) is 0 Å². The third kappa shape index (κ3) is 4.49. The first-order chi connectivity index (χ1) is 11.4. The number of ether oxygens (including phenoxy) is 1. The normalized spacial score (nSPS) is 11.9. The molecule has 5 nitrogen and oxygen atoms in total.